The molecular formula is C8H12N2O2S. The Morgan fingerprint density at radius 1 is 1.54 bits per heavy atom. The number of hydrogen-bond donors (Lipinski definition) is 0. The van der Waals surface area contributed by atoms with Gasteiger partial charge in [0, 0.05) is 6.42 Å². The van der Waals surface area contributed by atoms with Crippen molar-refractivity contribution in [2.24, 2.45) is 5.92 Å². The Balaban J connectivity index is 2.48. The topological polar surface area (TPSA) is 56.0 Å². The van der Waals surface area contributed by atoms with Crippen molar-refractivity contribution in [1.82, 2.24) is 10.2 Å². The lowest BCUT2D eigenvalue weighted by Gasteiger charge is -1.96. The summed E-state index contributed by atoms with van der Waals surface area (Å²) in [5.41, 5.74) is 0. The number of aldehydes is 1. The Bertz CT molecular complexity index is 273. The summed E-state index contributed by atoms with van der Waals surface area (Å²) in [6.45, 7) is 4.17. The number of carbonyl (C=O) groups excluding carboxylic acids is 1. The first kappa shape index (κ1) is 10.2. The quantitative estimate of drug-likeness (QED) is 0.533. The maximum Gasteiger partial charge on any atom is 0.276 e. The molecule has 13 heavy (non-hydrogen) atoms. The standard InChI is InChI=1S/C8H12N2O2S/c1-6(2)5-7-9-10-8(12-7)13-4-3-11/h3,6H,4-5H2,1-2H3. The van der Waals surface area contributed by atoms with E-state index < -0.39 is 0 Å². The van der Waals surface area contributed by atoms with Crippen LogP contribution in [0.3, 0.4) is 0 Å². The van der Waals surface area contributed by atoms with Crippen molar-refractivity contribution in [2.75, 3.05) is 5.75 Å². The predicted molar refractivity (Wildman–Crippen MR) is 49.6 cm³/mol. The fourth-order valence-electron chi connectivity index (χ4n) is 0.834. The van der Waals surface area contributed by atoms with Gasteiger partial charge in [-0.15, -0.1) is 10.2 Å². The van der Waals surface area contributed by atoms with Crippen LogP contribution in [0.15, 0.2) is 9.64 Å². The summed E-state index contributed by atoms with van der Waals surface area (Å²) in [4.78, 5) is 10.1. The zero-order valence-electron chi connectivity index (χ0n) is 7.69. The van der Waals surface area contributed by atoms with Crippen molar-refractivity contribution in [3.8, 4) is 0 Å². The van der Waals surface area contributed by atoms with Crippen LogP contribution in [0.1, 0.15) is 19.7 Å². The maximum atomic E-state index is 10.1. The van der Waals surface area contributed by atoms with E-state index >= 15 is 0 Å². The number of carbonyl (C=O) groups is 1. The summed E-state index contributed by atoms with van der Waals surface area (Å²) in [6, 6.07) is 0. The lowest BCUT2D eigenvalue weighted by molar-refractivity contribution is -0.105. The van der Waals surface area contributed by atoms with Crippen LogP contribution in [0.4, 0.5) is 0 Å². The van der Waals surface area contributed by atoms with Gasteiger partial charge in [0.25, 0.3) is 5.22 Å². The third-order valence-corrected chi connectivity index (χ3v) is 2.02. The monoisotopic (exact) mass is 200 g/mol. The maximum absolute atomic E-state index is 10.1. The highest BCUT2D eigenvalue weighted by Gasteiger charge is 2.07. The van der Waals surface area contributed by atoms with Gasteiger partial charge in [-0.1, -0.05) is 25.6 Å². The molecule has 0 fully saturated rings. The van der Waals surface area contributed by atoms with Crippen LogP contribution in [-0.2, 0) is 11.2 Å². The zero-order valence-corrected chi connectivity index (χ0v) is 8.50. The van der Waals surface area contributed by atoms with Crippen LogP contribution in [-0.4, -0.2) is 22.2 Å². The highest BCUT2D eigenvalue weighted by Crippen LogP contribution is 2.16. The summed E-state index contributed by atoms with van der Waals surface area (Å²) in [7, 11) is 0. The molecule has 0 N–H and O–H groups in total. The lowest BCUT2D eigenvalue weighted by atomic mass is 10.1. The van der Waals surface area contributed by atoms with Crippen LogP contribution in [0.2, 0.25) is 0 Å². The van der Waals surface area contributed by atoms with Crippen molar-refractivity contribution in [3.05, 3.63) is 5.89 Å². The molecule has 1 aromatic rings. The third-order valence-electron chi connectivity index (χ3n) is 1.31. The molecule has 0 saturated carbocycles. The van der Waals surface area contributed by atoms with Gasteiger partial charge in [0.05, 0.1) is 5.75 Å². The minimum absolute atomic E-state index is 0.364. The first-order valence-electron chi connectivity index (χ1n) is 4.11. The molecule has 0 spiro atoms. The fourth-order valence-corrected chi connectivity index (χ4v) is 1.30. The van der Waals surface area contributed by atoms with E-state index in [-0.39, 0.29) is 0 Å². The Morgan fingerprint density at radius 3 is 2.92 bits per heavy atom. The average Bonchev–Trinajstić information content (AvgIpc) is 2.48. The molecule has 0 aromatic carbocycles. The highest BCUT2D eigenvalue weighted by molar-refractivity contribution is 7.99. The van der Waals surface area contributed by atoms with Gasteiger partial charge in [0.15, 0.2) is 0 Å². The van der Waals surface area contributed by atoms with Gasteiger partial charge in [-0.25, -0.2) is 0 Å². The second kappa shape index (κ2) is 5.01. The summed E-state index contributed by atoms with van der Waals surface area (Å²) in [5, 5.41) is 8.12. The zero-order chi connectivity index (χ0) is 9.68. The first-order valence-corrected chi connectivity index (χ1v) is 5.09. The van der Waals surface area contributed by atoms with E-state index in [4.69, 9.17) is 4.42 Å². The summed E-state index contributed by atoms with van der Waals surface area (Å²) in [6.07, 6.45) is 1.60. The van der Waals surface area contributed by atoms with E-state index in [1.807, 2.05) is 0 Å². The van der Waals surface area contributed by atoms with E-state index in [9.17, 15) is 4.79 Å². The molecular weight excluding hydrogens is 188 g/mol. The minimum atomic E-state index is 0.364. The van der Waals surface area contributed by atoms with Gasteiger partial charge >= 0.3 is 0 Å². The molecule has 0 bridgehead atoms. The number of thioether (sulfide) groups is 1. The second-order valence-corrected chi connectivity index (χ2v) is 4.01. The number of aromatic nitrogens is 2. The van der Waals surface area contributed by atoms with Crippen LogP contribution in [0.25, 0.3) is 0 Å². The Hall–Kier alpha value is -0.840. The molecule has 1 heterocycles. The van der Waals surface area contributed by atoms with Gasteiger partial charge in [0.2, 0.25) is 5.89 Å². The van der Waals surface area contributed by atoms with Crippen LogP contribution in [0.5, 0.6) is 0 Å². The first-order chi connectivity index (χ1) is 6.22. The third kappa shape index (κ3) is 3.59. The molecule has 1 aromatic heterocycles. The number of hydrogen-bond acceptors (Lipinski definition) is 5. The normalized spacial score (nSPS) is 10.7. The molecule has 5 heteroatoms. The SMILES string of the molecule is CC(C)Cc1nnc(SCC=O)o1. The van der Waals surface area contributed by atoms with Crippen molar-refractivity contribution in [3.63, 3.8) is 0 Å². The lowest BCUT2D eigenvalue weighted by Crippen LogP contribution is -1.93. The van der Waals surface area contributed by atoms with Crippen molar-refractivity contribution in [1.29, 1.82) is 0 Å². The molecule has 0 atom stereocenters. The van der Waals surface area contributed by atoms with Crippen molar-refractivity contribution in [2.45, 2.75) is 25.5 Å². The summed E-state index contributed by atoms with van der Waals surface area (Å²) < 4.78 is 5.28. The fraction of sp³-hybridized carbons (Fsp3) is 0.625. The molecule has 0 aliphatic carbocycles. The Morgan fingerprint density at radius 2 is 2.31 bits per heavy atom. The summed E-state index contributed by atoms with van der Waals surface area (Å²) in [5.74, 6) is 1.51. The molecule has 0 unspecified atom stereocenters. The van der Waals surface area contributed by atoms with Gasteiger partial charge in [-0.05, 0) is 5.92 Å². The highest BCUT2D eigenvalue weighted by atomic mass is 32.2. The Labute approximate surface area is 81.1 Å². The molecule has 1 rings (SSSR count). The molecule has 0 radical (unpaired) electrons. The van der Waals surface area contributed by atoms with E-state index in [0.29, 0.717) is 22.8 Å². The largest absolute Gasteiger partial charge is 0.416 e. The number of rotatable bonds is 5. The molecule has 4 nitrogen and oxygen atoms in total. The van der Waals surface area contributed by atoms with Gasteiger partial charge < -0.3 is 9.21 Å². The van der Waals surface area contributed by atoms with Crippen molar-refractivity contribution >= 4 is 18.0 Å². The van der Waals surface area contributed by atoms with Crippen LogP contribution < -0.4 is 0 Å². The van der Waals surface area contributed by atoms with E-state index in [1.165, 1.54) is 11.8 Å². The molecule has 0 aliphatic rings. The molecule has 0 amide bonds. The molecule has 72 valence electrons. The van der Waals surface area contributed by atoms with Gasteiger partial charge in [-0.2, -0.15) is 0 Å². The van der Waals surface area contributed by atoms with E-state index in [2.05, 4.69) is 24.0 Å². The Kier molecular flexibility index (Phi) is 3.95. The van der Waals surface area contributed by atoms with Crippen molar-refractivity contribution < 1.29 is 9.21 Å². The minimum Gasteiger partial charge on any atom is -0.416 e. The van der Waals surface area contributed by atoms with Gasteiger partial charge in [-0.3, -0.25) is 0 Å². The van der Waals surface area contributed by atoms with E-state index in [0.717, 1.165) is 12.7 Å². The van der Waals surface area contributed by atoms with E-state index in [1.54, 1.807) is 0 Å². The van der Waals surface area contributed by atoms with Crippen LogP contribution >= 0.6 is 11.8 Å². The smallest absolute Gasteiger partial charge is 0.276 e. The van der Waals surface area contributed by atoms with Gasteiger partial charge in [0.1, 0.15) is 6.29 Å². The predicted octanol–water partition coefficient (Wildman–Crippen LogP) is 1.56. The average molecular weight is 200 g/mol. The molecule has 0 saturated heterocycles. The van der Waals surface area contributed by atoms with Crippen LogP contribution in [0, 0.1) is 5.92 Å². The second-order valence-electron chi connectivity index (χ2n) is 3.04. The number of nitrogens with zero attached hydrogens (tertiary/aromatic N) is 2. The molecule has 0 aliphatic heterocycles. The summed E-state index contributed by atoms with van der Waals surface area (Å²) >= 11 is 1.26.